The summed E-state index contributed by atoms with van der Waals surface area (Å²) in [6, 6.07) is 10.2. The Morgan fingerprint density at radius 3 is 2.82 bits per heavy atom. The molecule has 6 nitrogen and oxygen atoms in total. The maximum absolute atomic E-state index is 5.99. The Kier molecular flexibility index (Phi) is 4.59. The van der Waals surface area contributed by atoms with Crippen LogP contribution >= 0.6 is 11.6 Å². The van der Waals surface area contributed by atoms with Gasteiger partial charge in [0.25, 0.3) is 0 Å². The molecule has 114 valence electrons. The van der Waals surface area contributed by atoms with E-state index in [2.05, 4.69) is 43.1 Å². The van der Waals surface area contributed by atoms with Crippen molar-refractivity contribution < 1.29 is 4.74 Å². The number of nitrogen functional groups attached to an aromatic ring is 1. The summed E-state index contributed by atoms with van der Waals surface area (Å²) in [6.07, 6.45) is 2.43. The van der Waals surface area contributed by atoms with Crippen molar-refractivity contribution in [3.63, 3.8) is 0 Å². The minimum absolute atomic E-state index is 0.00186. The summed E-state index contributed by atoms with van der Waals surface area (Å²) < 4.78 is 7.58. The van der Waals surface area contributed by atoms with Gasteiger partial charge in [0.1, 0.15) is 0 Å². The topological polar surface area (TPSA) is 78.8 Å². The average molecular weight is 383 g/mol. The molecule has 0 aliphatic heterocycles. The number of ether oxygens (including phenoxy) is 1. The maximum atomic E-state index is 5.99. The monoisotopic (exact) mass is 383 g/mol. The van der Waals surface area contributed by atoms with Gasteiger partial charge >= 0.3 is 140 Å². The van der Waals surface area contributed by atoms with E-state index in [1.165, 1.54) is 5.56 Å². The van der Waals surface area contributed by atoms with E-state index in [4.69, 9.17) is 22.1 Å². The molecule has 3 rings (SSSR count). The van der Waals surface area contributed by atoms with E-state index < -0.39 is 0 Å². The molecule has 0 saturated carbocycles. The van der Waals surface area contributed by atoms with Gasteiger partial charge in [-0.2, -0.15) is 0 Å². The Morgan fingerprint density at radius 1 is 1.27 bits per heavy atom. The van der Waals surface area contributed by atoms with Gasteiger partial charge < -0.3 is 0 Å². The van der Waals surface area contributed by atoms with Gasteiger partial charge in [0.2, 0.25) is 0 Å². The van der Waals surface area contributed by atoms with Gasteiger partial charge in [-0.05, 0) is 0 Å². The van der Waals surface area contributed by atoms with Crippen LogP contribution in [0.2, 0.25) is 5.15 Å². The van der Waals surface area contributed by atoms with Crippen LogP contribution in [-0.4, -0.2) is 40.5 Å². The van der Waals surface area contributed by atoms with Crippen molar-refractivity contribution in [3.8, 4) is 0 Å². The fraction of sp³-hybridized carbons (Fsp3) is 0.214. The van der Waals surface area contributed by atoms with Gasteiger partial charge in [0, 0.05) is 0 Å². The van der Waals surface area contributed by atoms with Gasteiger partial charge in [-0.25, -0.2) is 0 Å². The van der Waals surface area contributed by atoms with Crippen molar-refractivity contribution in [2.45, 2.75) is 18.2 Å². The first-order valence-electron chi connectivity index (χ1n) is 6.61. The Hall–Kier alpha value is -1.66. The average Bonchev–Trinajstić information content (AvgIpc) is 2.89. The zero-order valence-corrected chi connectivity index (χ0v) is 14.2. The molecular formula is C14H14ClN5OSe. The number of fused-ring (bicyclic) bond motifs is 1. The Bertz CT molecular complexity index is 780. The van der Waals surface area contributed by atoms with Crippen LogP contribution < -0.4 is 5.73 Å². The summed E-state index contributed by atoms with van der Waals surface area (Å²) in [7, 11) is 0. The van der Waals surface area contributed by atoms with E-state index in [-0.39, 0.29) is 16.1 Å². The first-order valence-corrected chi connectivity index (χ1v) is 8.07. The number of benzene rings is 1. The minimum atomic E-state index is 0.00186. The van der Waals surface area contributed by atoms with Gasteiger partial charge in [0.05, 0.1) is 0 Å². The molecule has 0 spiro atoms. The molecular weight excluding hydrogens is 369 g/mol. The molecule has 0 saturated heterocycles. The van der Waals surface area contributed by atoms with E-state index in [9.17, 15) is 0 Å². The zero-order valence-electron chi connectivity index (χ0n) is 11.6. The summed E-state index contributed by atoms with van der Waals surface area (Å²) >= 11 is 8.52. The molecule has 0 radical (unpaired) electrons. The molecule has 1 atom stereocenters. The van der Waals surface area contributed by atoms with E-state index >= 15 is 0 Å². The number of nitrogens with zero attached hydrogens (tertiary/aromatic N) is 4. The number of imidazole rings is 1. The second kappa shape index (κ2) is 6.62. The molecule has 0 aliphatic rings. The number of rotatable bonds is 5. The second-order valence-corrected chi connectivity index (χ2v) is 6.27. The second-order valence-electron chi connectivity index (χ2n) is 4.70. The van der Waals surface area contributed by atoms with Gasteiger partial charge in [0.15, 0.2) is 0 Å². The first-order chi connectivity index (χ1) is 10.6. The fourth-order valence-corrected chi connectivity index (χ4v) is 2.86. The molecule has 22 heavy (non-hydrogen) atoms. The van der Waals surface area contributed by atoms with Crippen molar-refractivity contribution in [3.05, 3.63) is 47.4 Å². The predicted molar refractivity (Wildman–Crippen MR) is 86.9 cm³/mol. The molecule has 0 bridgehead atoms. The van der Waals surface area contributed by atoms with Crippen LogP contribution in [-0.2, 0) is 17.9 Å². The predicted octanol–water partition coefficient (Wildman–Crippen LogP) is 1.51. The van der Waals surface area contributed by atoms with Crippen LogP contribution in [0.15, 0.2) is 36.7 Å². The molecule has 2 N–H and O–H groups in total. The molecule has 3 aromatic rings. The quantitative estimate of drug-likeness (QED) is 0.534. The number of hydrogen-bond donors (Lipinski definition) is 1. The van der Waals surface area contributed by atoms with Crippen molar-refractivity contribution in [1.82, 2.24) is 19.5 Å². The van der Waals surface area contributed by atoms with Gasteiger partial charge in [-0.3, -0.25) is 0 Å². The molecule has 1 unspecified atom stereocenters. The van der Waals surface area contributed by atoms with Crippen LogP contribution in [0.5, 0.6) is 0 Å². The standard InChI is InChI=1S/C14H14ClN5OSe/c15-12-11-13(19-14(16)18-12)20(7-17-11)8-21-10(22)6-9-4-2-1-3-5-9/h1-5,7,10,22H,6,8H2,(H2,16,18,19). The third kappa shape index (κ3) is 3.39. The third-order valence-electron chi connectivity index (χ3n) is 3.10. The third-order valence-corrected chi connectivity index (χ3v) is 4.06. The molecule has 0 amide bonds. The van der Waals surface area contributed by atoms with Crippen LogP contribution in [0, 0.1) is 0 Å². The summed E-state index contributed by atoms with van der Waals surface area (Å²) in [5.74, 6) is 0.118. The molecule has 0 fully saturated rings. The van der Waals surface area contributed by atoms with Gasteiger partial charge in [-0.15, -0.1) is 0 Å². The molecule has 2 aromatic heterocycles. The summed E-state index contributed by atoms with van der Waals surface area (Å²) in [6.45, 7) is 0.315. The summed E-state index contributed by atoms with van der Waals surface area (Å²) in [5, 5.41) is 0.247. The molecule has 1 aromatic carbocycles. The van der Waals surface area contributed by atoms with E-state index in [1.54, 1.807) is 10.9 Å². The van der Waals surface area contributed by atoms with Crippen molar-refractivity contribution >= 4 is 44.7 Å². The van der Waals surface area contributed by atoms with Crippen LogP contribution in [0.25, 0.3) is 11.2 Å². The summed E-state index contributed by atoms with van der Waals surface area (Å²) in [4.78, 5) is 12.2. The van der Waals surface area contributed by atoms with Crippen molar-refractivity contribution in [1.29, 1.82) is 0 Å². The van der Waals surface area contributed by atoms with Crippen LogP contribution in [0.3, 0.4) is 0 Å². The fourth-order valence-electron chi connectivity index (χ4n) is 2.06. The van der Waals surface area contributed by atoms with Crippen LogP contribution in [0.1, 0.15) is 5.56 Å². The number of nitrogens with two attached hydrogens (primary N) is 1. The summed E-state index contributed by atoms with van der Waals surface area (Å²) in [5.41, 5.74) is 7.92. The normalized spacial score (nSPS) is 12.6. The number of anilines is 1. The van der Waals surface area contributed by atoms with Crippen molar-refractivity contribution in [2.75, 3.05) is 5.73 Å². The zero-order chi connectivity index (χ0) is 15.5. The molecule has 2 heterocycles. The molecule has 0 aliphatic carbocycles. The van der Waals surface area contributed by atoms with Crippen molar-refractivity contribution in [2.24, 2.45) is 0 Å². The Labute approximate surface area is 140 Å². The first kappa shape index (κ1) is 15.2. The Morgan fingerprint density at radius 2 is 2.05 bits per heavy atom. The number of halogens is 1. The van der Waals surface area contributed by atoms with Gasteiger partial charge in [-0.1, -0.05) is 0 Å². The van der Waals surface area contributed by atoms with E-state index in [1.807, 2.05) is 18.2 Å². The molecule has 8 heteroatoms. The SMILES string of the molecule is Nc1nc(Cl)c2ncn(COC([SeH])Cc3ccccc3)c2n1. The Balaban J connectivity index is 1.69. The van der Waals surface area contributed by atoms with E-state index in [0.717, 1.165) is 6.42 Å². The number of aromatic nitrogens is 4. The van der Waals surface area contributed by atoms with Crippen LogP contribution in [0.4, 0.5) is 5.95 Å². The number of hydrogen-bond acceptors (Lipinski definition) is 5. The van der Waals surface area contributed by atoms with E-state index in [0.29, 0.717) is 17.9 Å².